The molecule has 0 spiro atoms. The monoisotopic (exact) mass is 372 g/mol. The van der Waals surface area contributed by atoms with Gasteiger partial charge in [0.2, 0.25) is 0 Å². The van der Waals surface area contributed by atoms with Crippen molar-refractivity contribution in [2.45, 2.75) is 0 Å². The molecule has 0 aliphatic carbocycles. The van der Waals surface area contributed by atoms with E-state index in [4.69, 9.17) is 4.74 Å². The summed E-state index contributed by atoms with van der Waals surface area (Å²) in [5.74, 6) is 0.475. The zero-order valence-corrected chi connectivity index (χ0v) is 15.2. The Bertz CT molecular complexity index is 1070. The van der Waals surface area contributed by atoms with Crippen molar-refractivity contribution < 1.29 is 13.9 Å². The fourth-order valence-corrected chi connectivity index (χ4v) is 3.01. The van der Waals surface area contributed by atoms with Gasteiger partial charge in [0.15, 0.2) is 0 Å². The summed E-state index contributed by atoms with van der Waals surface area (Å²) < 4.78 is 19.3. The van der Waals surface area contributed by atoms with Crippen molar-refractivity contribution in [3.63, 3.8) is 0 Å². The third kappa shape index (κ3) is 3.30. The van der Waals surface area contributed by atoms with Gasteiger partial charge in [-0.1, -0.05) is 48.5 Å². The van der Waals surface area contributed by atoms with Gasteiger partial charge in [-0.25, -0.2) is 9.38 Å². The Kier molecular flexibility index (Phi) is 4.72. The molecule has 0 N–H and O–H groups in total. The van der Waals surface area contributed by atoms with E-state index in [1.165, 1.54) is 17.0 Å². The number of carbonyl (C=O) groups is 1. The number of carbonyl (C=O) groups excluding carboxylic acids is 1. The molecule has 3 aromatic carbocycles. The smallest absolute Gasteiger partial charge is 0.282 e. The average Bonchev–Trinajstić information content (AvgIpc) is 3.06. The molecule has 138 valence electrons. The molecule has 0 saturated heterocycles. The van der Waals surface area contributed by atoms with E-state index in [2.05, 4.69) is 4.99 Å². The lowest BCUT2D eigenvalue weighted by atomic mass is 10.1. The molecule has 4 nitrogen and oxygen atoms in total. The van der Waals surface area contributed by atoms with Gasteiger partial charge in [-0.15, -0.1) is 0 Å². The average molecular weight is 372 g/mol. The van der Waals surface area contributed by atoms with Crippen molar-refractivity contribution in [2.24, 2.45) is 4.99 Å². The second-order valence-electron chi connectivity index (χ2n) is 6.19. The van der Waals surface area contributed by atoms with Gasteiger partial charge in [-0.05, 0) is 36.4 Å². The van der Waals surface area contributed by atoms with Crippen molar-refractivity contribution in [3.8, 4) is 5.75 Å². The number of rotatable bonds is 4. The zero-order chi connectivity index (χ0) is 19.5. The van der Waals surface area contributed by atoms with Crippen LogP contribution >= 0.6 is 0 Å². The van der Waals surface area contributed by atoms with E-state index in [1.54, 1.807) is 49.6 Å². The summed E-state index contributed by atoms with van der Waals surface area (Å²) >= 11 is 0. The van der Waals surface area contributed by atoms with Gasteiger partial charge in [0.1, 0.15) is 23.1 Å². The van der Waals surface area contributed by atoms with Crippen molar-refractivity contribution in [3.05, 3.63) is 102 Å². The zero-order valence-electron chi connectivity index (χ0n) is 15.2. The minimum atomic E-state index is -0.401. The van der Waals surface area contributed by atoms with Gasteiger partial charge in [-0.3, -0.25) is 9.69 Å². The number of nitrogens with zero attached hydrogens (tertiary/aromatic N) is 2. The highest BCUT2D eigenvalue weighted by atomic mass is 19.1. The summed E-state index contributed by atoms with van der Waals surface area (Å²) in [6.07, 6.45) is 1.48. The number of ether oxygens (including phenoxy) is 1. The highest BCUT2D eigenvalue weighted by Crippen LogP contribution is 2.29. The van der Waals surface area contributed by atoms with Gasteiger partial charge < -0.3 is 4.74 Å². The highest BCUT2D eigenvalue weighted by molar-refractivity contribution is 6.33. The lowest BCUT2D eigenvalue weighted by molar-refractivity contribution is -0.113. The van der Waals surface area contributed by atoms with Gasteiger partial charge >= 0.3 is 0 Å². The SMILES string of the molecule is COc1ccc(N2C(=O)/C(=C\c3ccccc3F)N=C2c2ccccc2)cc1. The first-order valence-corrected chi connectivity index (χ1v) is 8.76. The van der Waals surface area contributed by atoms with Gasteiger partial charge in [0.05, 0.1) is 12.8 Å². The topological polar surface area (TPSA) is 41.9 Å². The van der Waals surface area contributed by atoms with E-state index in [1.807, 2.05) is 30.3 Å². The molecule has 0 radical (unpaired) electrons. The predicted octanol–water partition coefficient (Wildman–Crippen LogP) is 4.67. The lowest BCUT2D eigenvalue weighted by Gasteiger charge is -2.18. The maximum Gasteiger partial charge on any atom is 0.282 e. The summed E-state index contributed by atoms with van der Waals surface area (Å²) in [4.78, 5) is 19.2. The van der Waals surface area contributed by atoms with Gasteiger partial charge in [0.25, 0.3) is 5.91 Å². The molecule has 0 saturated carbocycles. The number of amidine groups is 1. The fourth-order valence-electron chi connectivity index (χ4n) is 3.01. The maximum atomic E-state index is 14.1. The van der Waals surface area contributed by atoms with Crippen molar-refractivity contribution >= 4 is 23.5 Å². The minimum absolute atomic E-state index is 0.180. The lowest BCUT2D eigenvalue weighted by Crippen LogP contribution is -2.32. The Morgan fingerprint density at radius 1 is 0.929 bits per heavy atom. The molecule has 1 aliphatic rings. The van der Waals surface area contributed by atoms with Crippen LogP contribution in [-0.2, 0) is 4.79 Å². The number of hydrogen-bond acceptors (Lipinski definition) is 3. The van der Waals surface area contributed by atoms with E-state index >= 15 is 0 Å². The normalized spacial score (nSPS) is 15.1. The Hall–Kier alpha value is -3.73. The first-order valence-electron chi connectivity index (χ1n) is 8.76. The molecule has 4 rings (SSSR count). The van der Waals surface area contributed by atoms with Crippen molar-refractivity contribution in [2.75, 3.05) is 12.0 Å². The molecule has 0 unspecified atom stereocenters. The molecule has 28 heavy (non-hydrogen) atoms. The van der Waals surface area contributed by atoms with Crippen LogP contribution in [-0.4, -0.2) is 18.9 Å². The van der Waals surface area contributed by atoms with Crippen LogP contribution in [0.4, 0.5) is 10.1 Å². The highest BCUT2D eigenvalue weighted by Gasteiger charge is 2.32. The van der Waals surface area contributed by atoms with Crippen LogP contribution in [0.1, 0.15) is 11.1 Å². The Morgan fingerprint density at radius 3 is 2.29 bits per heavy atom. The van der Waals surface area contributed by atoms with Crippen molar-refractivity contribution in [1.29, 1.82) is 0 Å². The predicted molar refractivity (Wildman–Crippen MR) is 108 cm³/mol. The van der Waals surface area contributed by atoms with E-state index in [-0.39, 0.29) is 11.6 Å². The number of halogens is 1. The molecule has 0 bridgehead atoms. The van der Waals surface area contributed by atoms with Crippen LogP contribution < -0.4 is 9.64 Å². The van der Waals surface area contributed by atoms with Crippen molar-refractivity contribution in [1.82, 2.24) is 0 Å². The first kappa shape index (κ1) is 17.7. The number of anilines is 1. The molecular weight excluding hydrogens is 355 g/mol. The molecule has 1 aliphatic heterocycles. The Morgan fingerprint density at radius 2 is 1.61 bits per heavy atom. The minimum Gasteiger partial charge on any atom is -0.497 e. The largest absolute Gasteiger partial charge is 0.497 e. The Balaban J connectivity index is 1.81. The summed E-state index contributed by atoms with van der Waals surface area (Å²) in [7, 11) is 1.59. The van der Waals surface area contributed by atoms with E-state index in [9.17, 15) is 9.18 Å². The standard InChI is InChI=1S/C23H17FN2O2/c1-28-19-13-11-18(12-14-19)26-22(16-7-3-2-4-8-16)25-21(23(26)27)15-17-9-5-6-10-20(17)24/h2-15H,1H3/b21-15+. The third-order valence-corrected chi connectivity index (χ3v) is 4.42. The third-order valence-electron chi connectivity index (χ3n) is 4.42. The number of benzene rings is 3. The number of aliphatic imine (C=N–C) groups is 1. The van der Waals surface area contributed by atoms with Crippen LogP contribution in [0.2, 0.25) is 0 Å². The summed E-state index contributed by atoms with van der Waals surface area (Å²) in [5.41, 5.74) is 1.95. The number of amides is 1. The van der Waals surface area contributed by atoms with Crippen LogP contribution in [0.5, 0.6) is 5.75 Å². The second kappa shape index (κ2) is 7.48. The molecule has 0 atom stereocenters. The quantitative estimate of drug-likeness (QED) is 0.625. The molecule has 1 heterocycles. The van der Waals surface area contributed by atoms with E-state index in [0.29, 0.717) is 22.8 Å². The summed E-state index contributed by atoms with van der Waals surface area (Å²) in [6, 6.07) is 22.9. The number of methoxy groups -OCH3 is 1. The summed E-state index contributed by atoms with van der Waals surface area (Å²) in [5, 5.41) is 0. The van der Waals surface area contributed by atoms with Crippen LogP contribution in [0.15, 0.2) is 89.6 Å². The van der Waals surface area contributed by atoms with E-state index in [0.717, 1.165) is 5.56 Å². The van der Waals surface area contributed by atoms with E-state index < -0.39 is 5.82 Å². The molecule has 5 heteroatoms. The molecule has 0 fully saturated rings. The first-order chi connectivity index (χ1) is 13.7. The van der Waals surface area contributed by atoms with Crippen LogP contribution in [0, 0.1) is 5.82 Å². The van der Waals surface area contributed by atoms with Crippen LogP contribution in [0.3, 0.4) is 0 Å². The fraction of sp³-hybridized carbons (Fsp3) is 0.0435. The van der Waals surface area contributed by atoms with Gasteiger partial charge in [0, 0.05) is 11.1 Å². The molecule has 0 aromatic heterocycles. The molecular formula is C23H17FN2O2. The summed E-state index contributed by atoms with van der Waals surface area (Å²) in [6.45, 7) is 0. The van der Waals surface area contributed by atoms with Crippen LogP contribution in [0.25, 0.3) is 6.08 Å². The second-order valence-corrected chi connectivity index (χ2v) is 6.19. The molecule has 1 amide bonds. The molecule has 3 aromatic rings. The van der Waals surface area contributed by atoms with Gasteiger partial charge in [-0.2, -0.15) is 0 Å². The Labute approximate surface area is 162 Å². The maximum absolute atomic E-state index is 14.1. The number of hydrogen-bond donors (Lipinski definition) is 0.